The predicted octanol–water partition coefficient (Wildman–Crippen LogP) is -0.680. The number of ether oxygens (including phenoxy) is 2. The topological polar surface area (TPSA) is 318 Å². The molecular formula is C10H11F5N6O16. The number of nitrogens with zero attached hydrogens (tertiary/aromatic N) is 6. The summed E-state index contributed by atoms with van der Waals surface area (Å²) in [5, 5.41) is 86.1. The molecule has 37 heavy (non-hydrogen) atoms. The van der Waals surface area contributed by atoms with E-state index < -0.39 is 91.3 Å². The zero-order valence-corrected chi connectivity index (χ0v) is 17.3. The number of halogens is 5. The maximum atomic E-state index is 14.7. The Kier molecular flexibility index (Phi) is 8.98. The summed E-state index contributed by atoms with van der Waals surface area (Å²) in [4.78, 5) is 51.5. The lowest BCUT2D eigenvalue weighted by atomic mass is 9.79. The Hall–Kier alpha value is -4.11. The first-order valence-corrected chi connectivity index (χ1v) is 8.34. The zero-order chi connectivity index (χ0) is 30.0. The summed E-state index contributed by atoms with van der Waals surface area (Å²) in [6, 6.07) is 0. The standard InChI is InChI=1S/C10H11F5N6O16/c1-5(16(24)25,17(26)27)6(2-8(14,18(28)29)19(30)31,3-9(15,20(32)33)21(34)35)37-10(22,23)36-4-7(11,12)13/h22-23H,2-4H2,1H3. The third kappa shape index (κ3) is 6.56. The second kappa shape index (κ2) is 10.1. The van der Waals surface area contributed by atoms with E-state index >= 15 is 0 Å². The van der Waals surface area contributed by atoms with Crippen LogP contribution in [0.25, 0.3) is 0 Å². The van der Waals surface area contributed by atoms with Crippen LogP contribution < -0.4 is 0 Å². The molecule has 0 atom stereocenters. The first-order chi connectivity index (χ1) is 16.2. The van der Waals surface area contributed by atoms with E-state index in [1.807, 2.05) is 0 Å². The van der Waals surface area contributed by atoms with Gasteiger partial charge in [-0.2, -0.15) is 13.2 Å². The summed E-state index contributed by atoms with van der Waals surface area (Å²) < 4.78 is 73.6. The van der Waals surface area contributed by atoms with E-state index in [0.717, 1.165) is 0 Å². The summed E-state index contributed by atoms with van der Waals surface area (Å²) in [5.74, 6) is -11.2. The maximum Gasteiger partial charge on any atom is 0.617 e. The van der Waals surface area contributed by atoms with Gasteiger partial charge in [0.15, 0.2) is 19.4 Å². The molecule has 212 valence electrons. The van der Waals surface area contributed by atoms with Crippen molar-refractivity contribution >= 4 is 0 Å². The summed E-state index contributed by atoms with van der Waals surface area (Å²) in [6.45, 7) is -3.42. The molecular weight excluding hydrogens is 555 g/mol. The summed E-state index contributed by atoms with van der Waals surface area (Å²) in [7, 11) is 0. The largest absolute Gasteiger partial charge is 0.617 e. The summed E-state index contributed by atoms with van der Waals surface area (Å²) in [5.41, 5.74) is -10.1. The van der Waals surface area contributed by atoms with Gasteiger partial charge in [0.1, 0.15) is 29.5 Å². The van der Waals surface area contributed by atoms with Crippen LogP contribution in [0.5, 0.6) is 0 Å². The van der Waals surface area contributed by atoms with E-state index in [-0.39, 0.29) is 0 Å². The Balaban J connectivity index is 7.78. The predicted molar refractivity (Wildman–Crippen MR) is 90.3 cm³/mol. The number of aliphatic hydroxyl groups is 2. The quantitative estimate of drug-likeness (QED) is 0.0815. The van der Waals surface area contributed by atoms with Crippen molar-refractivity contribution in [2.24, 2.45) is 0 Å². The third-order valence-corrected chi connectivity index (χ3v) is 4.47. The molecule has 0 bridgehead atoms. The Labute approximate surface area is 195 Å². The van der Waals surface area contributed by atoms with Crippen molar-refractivity contribution in [3.05, 3.63) is 60.7 Å². The average Bonchev–Trinajstić information content (AvgIpc) is 2.69. The molecule has 0 saturated carbocycles. The van der Waals surface area contributed by atoms with Gasteiger partial charge in [-0.15, -0.1) is 0 Å². The van der Waals surface area contributed by atoms with Gasteiger partial charge in [-0.1, -0.05) is 8.78 Å². The van der Waals surface area contributed by atoms with E-state index in [9.17, 15) is 92.9 Å². The van der Waals surface area contributed by atoms with Crippen LogP contribution in [0.15, 0.2) is 0 Å². The molecule has 0 aliphatic heterocycles. The molecule has 22 nitrogen and oxygen atoms in total. The molecule has 0 heterocycles. The number of rotatable bonds is 15. The summed E-state index contributed by atoms with van der Waals surface area (Å²) in [6.07, 6.45) is -17.6. The fourth-order valence-electron chi connectivity index (χ4n) is 2.54. The third-order valence-electron chi connectivity index (χ3n) is 4.47. The van der Waals surface area contributed by atoms with Gasteiger partial charge in [0, 0.05) is 0 Å². The molecule has 2 N–H and O–H groups in total. The van der Waals surface area contributed by atoms with Crippen LogP contribution in [0, 0.1) is 60.7 Å². The van der Waals surface area contributed by atoms with Crippen molar-refractivity contribution in [2.45, 2.75) is 55.2 Å². The SMILES string of the molecule is CC([N+](=O)[O-])([N+](=O)[O-])C(CC(F)([N+](=O)[O-])[N+](=O)[O-])(CC(F)([N+](=O)[O-])[N+](=O)[O-])OC(O)(O)OCC(F)(F)F. The lowest BCUT2D eigenvalue weighted by Gasteiger charge is -2.38. The van der Waals surface area contributed by atoms with E-state index in [0.29, 0.717) is 0 Å². The van der Waals surface area contributed by atoms with Gasteiger partial charge in [-0.25, -0.2) is 0 Å². The van der Waals surface area contributed by atoms with E-state index in [1.54, 1.807) is 0 Å². The van der Waals surface area contributed by atoms with Gasteiger partial charge >= 0.3 is 29.8 Å². The van der Waals surface area contributed by atoms with Crippen LogP contribution in [0.3, 0.4) is 0 Å². The second-order valence-corrected chi connectivity index (χ2v) is 6.90. The zero-order valence-electron chi connectivity index (χ0n) is 17.3. The molecule has 0 fully saturated rings. The highest BCUT2D eigenvalue weighted by Crippen LogP contribution is 2.47. The van der Waals surface area contributed by atoms with E-state index in [2.05, 4.69) is 9.47 Å². The Morgan fingerprint density at radius 3 is 1.16 bits per heavy atom. The normalized spacial score (nSPS) is 13.6. The lowest BCUT2D eigenvalue weighted by Crippen LogP contribution is -2.71. The van der Waals surface area contributed by atoms with Crippen molar-refractivity contribution in [1.29, 1.82) is 0 Å². The Bertz CT molecular complexity index is 906. The molecule has 0 aromatic carbocycles. The van der Waals surface area contributed by atoms with Gasteiger partial charge in [0.05, 0.1) is 6.92 Å². The van der Waals surface area contributed by atoms with Gasteiger partial charge in [-0.05, 0) is 0 Å². The van der Waals surface area contributed by atoms with Crippen molar-refractivity contribution < 1.29 is 71.2 Å². The van der Waals surface area contributed by atoms with E-state index in [1.165, 1.54) is 0 Å². The lowest BCUT2D eigenvalue weighted by molar-refractivity contribution is -0.864. The van der Waals surface area contributed by atoms with E-state index in [4.69, 9.17) is 0 Å². The fourth-order valence-corrected chi connectivity index (χ4v) is 2.54. The van der Waals surface area contributed by atoms with Crippen molar-refractivity contribution in [2.75, 3.05) is 6.61 Å². The van der Waals surface area contributed by atoms with Crippen LogP contribution in [0.1, 0.15) is 19.8 Å². The van der Waals surface area contributed by atoms with Crippen molar-refractivity contribution in [3.63, 3.8) is 0 Å². The molecule has 0 radical (unpaired) electrons. The monoisotopic (exact) mass is 566 g/mol. The smallest absolute Gasteiger partial charge is 0.319 e. The minimum Gasteiger partial charge on any atom is -0.319 e. The van der Waals surface area contributed by atoms with Crippen molar-refractivity contribution in [1.82, 2.24) is 0 Å². The maximum absolute atomic E-state index is 14.7. The number of hydrogen-bond donors (Lipinski definition) is 2. The number of hydrogen-bond acceptors (Lipinski definition) is 16. The molecule has 0 saturated heterocycles. The second-order valence-electron chi connectivity index (χ2n) is 6.90. The summed E-state index contributed by atoms with van der Waals surface area (Å²) >= 11 is 0. The highest BCUT2D eigenvalue weighted by molar-refractivity contribution is 4.97. The first-order valence-electron chi connectivity index (χ1n) is 8.34. The molecule has 27 heteroatoms. The first kappa shape index (κ1) is 32.9. The number of nitro groups is 6. The van der Waals surface area contributed by atoms with Crippen LogP contribution in [-0.2, 0) is 9.47 Å². The van der Waals surface area contributed by atoms with Gasteiger partial charge in [0.2, 0.25) is 0 Å². The minimum atomic E-state index is -5.60. The molecule has 0 spiro atoms. The van der Waals surface area contributed by atoms with Gasteiger partial charge in [-0.3, -0.25) is 70.2 Å². The molecule has 0 rings (SSSR count). The highest BCUT2D eigenvalue weighted by Gasteiger charge is 2.84. The molecule has 0 aromatic rings. The Morgan fingerprint density at radius 2 is 0.946 bits per heavy atom. The van der Waals surface area contributed by atoms with Gasteiger partial charge < -0.3 is 10.2 Å². The molecule has 0 aromatic heterocycles. The van der Waals surface area contributed by atoms with Gasteiger partial charge in [0.25, 0.3) is 5.60 Å². The van der Waals surface area contributed by atoms with Crippen molar-refractivity contribution in [3.8, 4) is 0 Å². The minimum absolute atomic E-state index is 0.534. The molecule has 0 unspecified atom stereocenters. The average molecular weight is 566 g/mol. The number of alkyl halides is 5. The highest BCUT2D eigenvalue weighted by atomic mass is 19.4. The molecule has 0 aliphatic carbocycles. The molecule has 0 amide bonds. The van der Waals surface area contributed by atoms with Crippen LogP contribution >= 0.6 is 0 Å². The fraction of sp³-hybridized carbons (Fsp3) is 1.00. The molecule has 0 aliphatic rings. The van der Waals surface area contributed by atoms with Crippen LogP contribution in [0.2, 0.25) is 0 Å². The van der Waals surface area contributed by atoms with Crippen LogP contribution in [-0.4, -0.2) is 81.8 Å². The Morgan fingerprint density at radius 1 is 0.649 bits per heavy atom. The van der Waals surface area contributed by atoms with Crippen LogP contribution in [0.4, 0.5) is 22.0 Å².